The average molecular weight is 298 g/mol. The summed E-state index contributed by atoms with van der Waals surface area (Å²) in [5.74, 6) is -2.70. The molecule has 2 rings (SSSR count). The number of aromatic nitrogens is 1. The molecule has 0 atom stereocenters. The largest absolute Gasteiger partial charge is 0.419 e. The van der Waals surface area contributed by atoms with Crippen LogP contribution in [-0.2, 0) is 6.18 Å². The number of hydrogen-bond acceptors (Lipinski definition) is 3. The zero-order valence-corrected chi connectivity index (χ0v) is 10.8. The lowest BCUT2D eigenvalue weighted by Gasteiger charge is -2.12. The molecule has 0 aliphatic carbocycles. The van der Waals surface area contributed by atoms with Crippen molar-refractivity contribution in [2.45, 2.75) is 13.1 Å². The maximum atomic E-state index is 14.0. The Balaban J connectivity index is 2.61. The molecule has 0 amide bonds. The van der Waals surface area contributed by atoms with Crippen LogP contribution in [0.2, 0.25) is 0 Å². The molecule has 1 aromatic carbocycles. The highest BCUT2D eigenvalue weighted by Crippen LogP contribution is 2.33. The minimum atomic E-state index is -4.88. The number of carbonyl (C=O) groups excluding carboxylic acids is 1. The Labute approximate surface area is 117 Å². The van der Waals surface area contributed by atoms with Gasteiger partial charge in [0.1, 0.15) is 11.6 Å². The number of pyridine rings is 1. The van der Waals surface area contributed by atoms with Crippen LogP contribution in [0, 0.1) is 12.7 Å². The molecule has 0 saturated heterocycles. The third-order valence-electron chi connectivity index (χ3n) is 2.96. The molecule has 3 nitrogen and oxygen atoms in total. The molecule has 0 spiro atoms. The van der Waals surface area contributed by atoms with Crippen LogP contribution in [-0.4, -0.2) is 10.8 Å². The summed E-state index contributed by atoms with van der Waals surface area (Å²) in [6.45, 7) is 1.54. The molecule has 1 aromatic heterocycles. The highest BCUT2D eigenvalue weighted by Gasteiger charge is 2.36. The smallest absolute Gasteiger partial charge is 0.383 e. The van der Waals surface area contributed by atoms with Gasteiger partial charge in [0.15, 0.2) is 5.78 Å². The number of nitrogens with two attached hydrogens (primary N) is 1. The summed E-state index contributed by atoms with van der Waals surface area (Å²) < 4.78 is 52.0. The Bertz CT molecular complexity index is 690. The van der Waals surface area contributed by atoms with Gasteiger partial charge in [0, 0.05) is 6.20 Å². The Morgan fingerprint density at radius 2 is 1.90 bits per heavy atom. The highest BCUT2D eigenvalue weighted by atomic mass is 19.4. The van der Waals surface area contributed by atoms with Gasteiger partial charge in [0.25, 0.3) is 0 Å². The predicted octanol–water partition coefficient (Wildman–Crippen LogP) is 3.36. The first kappa shape index (κ1) is 15.0. The van der Waals surface area contributed by atoms with E-state index in [0.29, 0.717) is 11.6 Å². The Morgan fingerprint density at radius 3 is 2.48 bits per heavy atom. The van der Waals surface area contributed by atoms with Crippen LogP contribution in [0.4, 0.5) is 23.4 Å². The van der Waals surface area contributed by atoms with Crippen LogP contribution in [0.5, 0.6) is 0 Å². The Kier molecular flexibility index (Phi) is 3.67. The Morgan fingerprint density at radius 1 is 1.24 bits per heavy atom. The zero-order chi connectivity index (χ0) is 15.8. The maximum absolute atomic E-state index is 14.0. The molecule has 0 fully saturated rings. The molecule has 0 bridgehead atoms. The van der Waals surface area contributed by atoms with Crippen molar-refractivity contribution in [1.82, 2.24) is 4.98 Å². The van der Waals surface area contributed by atoms with Crippen molar-refractivity contribution in [3.63, 3.8) is 0 Å². The maximum Gasteiger partial charge on any atom is 0.419 e. The highest BCUT2D eigenvalue weighted by molar-refractivity contribution is 6.12. The zero-order valence-electron chi connectivity index (χ0n) is 10.8. The average Bonchev–Trinajstić information content (AvgIpc) is 2.37. The van der Waals surface area contributed by atoms with Crippen LogP contribution >= 0.6 is 0 Å². The van der Waals surface area contributed by atoms with E-state index < -0.39 is 28.9 Å². The molecule has 110 valence electrons. The van der Waals surface area contributed by atoms with Crippen molar-refractivity contribution in [1.29, 1.82) is 0 Å². The summed E-state index contributed by atoms with van der Waals surface area (Å²) in [6.07, 6.45) is -3.53. The van der Waals surface area contributed by atoms with Gasteiger partial charge in [-0.2, -0.15) is 13.2 Å². The van der Waals surface area contributed by atoms with E-state index in [1.807, 2.05) is 0 Å². The van der Waals surface area contributed by atoms with Gasteiger partial charge < -0.3 is 5.73 Å². The molecule has 0 unspecified atom stereocenters. The third-order valence-corrected chi connectivity index (χ3v) is 2.96. The Hall–Kier alpha value is -2.44. The van der Waals surface area contributed by atoms with Gasteiger partial charge >= 0.3 is 6.18 Å². The number of anilines is 1. The monoisotopic (exact) mass is 298 g/mol. The van der Waals surface area contributed by atoms with Crippen molar-refractivity contribution < 1.29 is 22.4 Å². The van der Waals surface area contributed by atoms with Crippen LogP contribution < -0.4 is 5.73 Å². The molecule has 1 heterocycles. The SMILES string of the molecule is Cc1ccnc(N)c1C(=O)c1cccc(C(F)(F)F)c1F. The molecular formula is C14H10F4N2O. The van der Waals surface area contributed by atoms with E-state index in [1.54, 1.807) is 0 Å². The van der Waals surface area contributed by atoms with Crippen molar-refractivity contribution in [3.05, 3.63) is 58.5 Å². The predicted molar refractivity (Wildman–Crippen MR) is 68.2 cm³/mol. The lowest BCUT2D eigenvalue weighted by atomic mass is 9.98. The van der Waals surface area contributed by atoms with E-state index >= 15 is 0 Å². The summed E-state index contributed by atoms with van der Waals surface area (Å²) in [5.41, 5.74) is 3.68. The summed E-state index contributed by atoms with van der Waals surface area (Å²) in [4.78, 5) is 16.0. The van der Waals surface area contributed by atoms with Crippen molar-refractivity contribution in [3.8, 4) is 0 Å². The molecule has 0 saturated carbocycles. The molecular weight excluding hydrogens is 288 g/mol. The molecule has 21 heavy (non-hydrogen) atoms. The van der Waals surface area contributed by atoms with E-state index in [4.69, 9.17) is 5.73 Å². The van der Waals surface area contributed by atoms with Crippen molar-refractivity contribution >= 4 is 11.6 Å². The first-order valence-electron chi connectivity index (χ1n) is 5.85. The number of rotatable bonds is 2. The topological polar surface area (TPSA) is 56.0 Å². The van der Waals surface area contributed by atoms with E-state index in [9.17, 15) is 22.4 Å². The van der Waals surface area contributed by atoms with Crippen LogP contribution in [0.25, 0.3) is 0 Å². The fraction of sp³-hybridized carbons (Fsp3) is 0.143. The lowest BCUT2D eigenvalue weighted by Crippen LogP contribution is -2.15. The summed E-state index contributed by atoms with van der Waals surface area (Å²) in [5, 5.41) is 0. The van der Waals surface area contributed by atoms with Crippen LogP contribution in [0.3, 0.4) is 0 Å². The van der Waals surface area contributed by atoms with Crippen molar-refractivity contribution in [2.24, 2.45) is 0 Å². The summed E-state index contributed by atoms with van der Waals surface area (Å²) in [7, 11) is 0. The fourth-order valence-corrected chi connectivity index (χ4v) is 1.94. The second-order valence-corrected chi connectivity index (χ2v) is 4.38. The minimum Gasteiger partial charge on any atom is -0.383 e. The second kappa shape index (κ2) is 5.16. The molecule has 2 N–H and O–H groups in total. The van der Waals surface area contributed by atoms with E-state index in [1.165, 1.54) is 19.2 Å². The number of alkyl halides is 3. The minimum absolute atomic E-state index is 0.101. The van der Waals surface area contributed by atoms with Crippen LogP contribution in [0.15, 0.2) is 30.5 Å². The molecule has 2 aromatic rings. The van der Waals surface area contributed by atoms with Gasteiger partial charge in [-0.1, -0.05) is 6.07 Å². The van der Waals surface area contributed by atoms with E-state index in [2.05, 4.69) is 4.98 Å². The number of ketones is 1. The van der Waals surface area contributed by atoms with Gasteiger partial charge in [0.05, 0.1) is 16.7 Å². The first-order valence-corrected chi connectivity index (χ1v) is 5.85. The number of carbonyl (C=O) groups is 1. The molecule has 0 radical (unpaired) electrons. The molecule has 0 aliphatic heterocycles. The molecule has 0 aliphatic rings. The van der Waals surface area contributed by atoms with Gasteiger partial charge in [-0.15, -0.1) is 0 Å². The fourth-order valence-electron chi connectivity index (χ4n) is 1.94. The summed E-state index contributed by atoms with van der Waals surface area (Å²) in [6, 6.07) is 4.00. The number of aryl methyl sites for hydroxylation is 1. The third kappa shape index (κ3) is 2.72. The van der Waals surface area contributed by atoms with Gasteiger partial charge in [-0.25, -0.2) is 9.37 Å². The lowest BCUT2D eigenvalue weighted by molar-refractivity contribution is -0.140. The summed E-state index contributed by atoms with van der Waals surface area (Å²) >= 11 is 0. The molecule has 7 heteroatoms. The number of halogens is 4. The van der Waals surface area contributed by atoms with E-state index in [-0.39, 0.29) is 11.4 Å². The van der Waals surface area contributed by atoms with Gasteiger partial charge in [-0.3, -0.25) is 4.79 Å². The number of benzene rings is 1. The van der Waals surface area contributed by atoms with Gasteiger partial charge in [-0.05, 0) is 30.7 Å². The normalized spacial score (nSPS) is 11.5. The standard InChI is InChI=1S/C14H10F4N2O/c1-7-5-6-20-13(19)10(7)12(21)8-3-2-4-9(11(8)15)14(16,17)18/h2-6H,1H3,(H2,19,20). The quantitative estimate of drug-likeness (QED) is 0.683. The van der Waals surface area contributed by atoms with E-state index in [0.717, 1.165) is 12.1 Å². The number of nitrogen functional groups attached to an aromatic ring is 1. The first-order chi connectivity index (χ1) is 9.73. The second-order valence-electron chi connectivity index (χ2n) is 4.38. The van der Waals surface area contributed by atoms with Crippen molar-refractivity contribution in [2.75, 3.05) is 5.73 Å². The van der Waals surface area contributed by atoms with Crippen LogP contribution in [0.1, 0.15) is 27.0 Å². The van der Waals surface area contributed by atoms with Gasteiger partial charge in [0.2, 0.25) is 0 Å². The number of hydrogen-bond donors (Lipinski definition) is 1. The number of nitrogens with zero attached hydrogens (tertiary/aromatic N) is 1.